The van der Waals surface area contributed by atoms with Crippen LogP contribution in [0.2, 0.25) is 0 Å². The molecule has 1 aromatic heterocycles. The lowest BCUT2D eigenvalue weighted by Gasteiger charge is -2.31. The minimum absolute atomic E-state index is 0.0350. The van der Waals surface area contributed by atoms with E-state index in [-0.39, 0.29) is 5.91 Å². The van der Waals surface area contributed by atoms with E-state index in [4.69, 9.17) is 4.74 Å². The number of carbonyl (C=O) groups excluding carboxylic acids is 1. The molecule has 1 N–H and O–H groups in total. The number of nitrogens with zero attached hydrogens (tertiary/aromatic N) is 2. The average molecular weight is 297 g/mol. The average Bonchev–Trinajstić information content (AvgIpc) is 2.48. The standard InChI is InChI=1S/C17H19N3O2/c1-2-22-14-8-6-13(7-9-14)19-16-15(5-3-10-18-16)17(21)20-11-4-12-20/h3,5-10H,2,4,11-12H2,1H3,(H,18,19). The SMILES string of the molecule is CCOc1ccc(Nc2ncccc2C(=O)N2CCC2)cc1. The number of benzene rings is 1. The molecule has 0 atom stereocenters. The van der Waals surface area contributed by atoms with Crippen LogP contribution < -0.4 is 10.1 Å². The van der Waals surface area contributed by atoms with Crippen molar-refractivity contribution in [3.63, 3.8) is 0 Å². The van der Waals surface area contributed by atoms with Gasteiger partial charge in [0.05, 0.1) is 12.2 Å². The first-order valence-corrected chi connectivity index (χ1v) is 7.52. The van der Waals surface area contributed by atoms with Crippen molar-refractivity contribution in [2.24, 2.45) is 0 Å². The van der Waals surface area contributed by atoms with Crippen LogP contribution in [0, 0.1) is 0 Å². The fourth-order valence-electron chi connectivity index (χ4n) is 2.31. The minimum atomic E-state index is 0.0350. The molecule has 22 heavy (non-hydrogen) atoms. The van der Waals surface area contributed by atoms with E-state index in [1.54, 1.807) is 12.3 Å². The van der Waals surface area contributed by atoms with Gasteiger partial charge >= 0.3 is 0 Å². The summed E-state index contributed by atoms with van der Waals surface area (Å²) in [5.74, 6) is 1.45. The van der Waals surface area contributed by atoms with Gasteiger partial charge in [0.25, 0.3) is 5.91 Å². The Hall–Kier alpha value is -2.56. The normalized spacial score (nSPS) is 13.4. The number of anilines is 2. The molecule has 1 aromatic carbocycles. The van der Waals surface area contributed by atoms with Gasteiger partial charge in [-0.25, -0.2) is 4.98 Å². The summed E-state index contributed by atoms with van der Waals surface area (Å²) in [7, 11) is 0. The second-order valence-electron chi connectivity index (χ2n) is 5.13. The Bertz CT molecular complexity index is 651. The van der Waals surface area contributed by atoms with Crippen molar-refractivity contribution in [1.82, 2.24) is 9.88 Å². The molecule has 0 bridgehead atoms. The molecular formula is C17H19N3O2. The molecule has 0 spiro atoms. The molecule has 3 rings (SSSR count). The molecule has 1 aliphatic heterocycles. The Morgan fingerprint density at radius 2 is 2.05 bits per heavy atom. The van der Waals surface area contributed by atoms with Gasteiger partial charge in [0.15, 0.2) is 0 Å². The maximum Gasteiger partial charge on any atom is 0.257 e. The third-order valence-corrected chi connectivity index (χ3v) is 3.61. The zero-order chi connectivity index (χ0) is 15.4. The molecule has 2 heterocycles. The van der Waals surface area contributed by atoms with Crippen LogP contribution in [0.15, 0.2) is 42.6 Å². The summed E-state index contributed by atoms with van der Waals surface area (Å²) in [4.78, 5) is 18.5. The number of hydrogen-bond acceptors (Lipinski definition) is 4. The van der Waals surface area contributed by atoms with E-state index in [1.807, 2.05) is 42.2 Å². The number of rotatable bonds is 5. The van der Waals surface area contributed by atoms with Crippen LogP contribution in [0.25, 0.3) is 0 Å². The number of aromatic nitrogens is 1. The third kappa shape index (κ3) is 3.03. The molecule has 5 heteroatoms. The van der Waals surface area contributed by atoms with E-state index in [2.05, 4.69) is 10.3 Å². The van der Waals surface area contributed by atoms with Gasteiger partial charge in [-0.05, 0) is 49.7 Å². The first kappa shape index (κ1) is 14.4. The van der Waals surface area contributed by atoms with Crippen molar-refractivity contribution in [3.8, 4) is 5.75 Å². The van der Waals surface area contributed by atoms with Gasteiger partial charge in [0, 0.05) is 25.0 Å². The van der Waals surface area contributed by atoms with E-state index in [9.17, 15) is 4.79 Å². The molecule has 114 valence electrons. The Balaban J connectivity index is 1.78. The van der Waals surface area contributed by atoms with Gasteiger partial charge in [-0.2, -0.15) is 0 Å². The van der Waals surface area contributed by atoms with E-state index in [0.29, 0.717) is 18.0 Å². The Kier molecular flexibility index (Phi) is 4.23. The summed E-state index contributed by atoms with van der Waals surface area (Å²) in [5, 5.41) is 3.21. The van der Waals surface area contributed by atoms with Gasteiger partial charge in [-0.15, -0.1) is 0 Å². The quantitative estimate of drug-likeness (QED) is 0.921. The summed E-state index contributed by atoms with van der Waals surface area (Å²) in [6.07, 6.45) is 2.76. The predicted molar refractivity (Wildman–Crippen MR) is 85.7 cm³/mol. The summed E-state index contributed by atoms with van der Waals surface area (Å²) < 4.78 is 5.42. The van der Waals surface area contributed by atoms with Crippen LogP contribution in [0.5, 0.6) is 5.75 Å². The lowest BCUT2D eigenvalue weighted by molar-refractivity contribution is 0.0652. The second kappa shape index (κ2) is 6.47. The van der Waals surface area contributed by atoms with Crippen molar-refractivity contribution in [2.75, 3.05) is 25.0 Å². The Labute approximate surface area is 129 Å². The number of likely N-dealkylation sites (tertiary alicyclic amines) is 1. The Morgan fingerprint density at radius 3 is 2.68 bits per heavy atom. The molecule has 1 amide bonds. The second-order valence-corrected chi connectivity index (χ2v) is 5.13. The topological polar surface area (TPSA) is 54.5 Å². The van der Waals surface area contributed by atoms with Crippen LogP contribution in [-0.4, -0.2) is 35.5 Å². The fourth-order valence-corrected chi connectivity index (χ4v) is 2.31. The zero-order valence-corrected chi connectivity index (χ0v) is 12.6. The van der Waals surface area contributed by atoms with Gasteiger partial charge in [-0.1, -0.05) is 0 Å². The van der Waals surface area contributed by atoms with Crippen LogP contribution in [0.3, 0.4) is 0 Å². The van der Waals surface area contributed by atoms with E-state index in [0.717, 1.165) is 30.9 Å². The molecule has 1 aliphatic rings. The number of pyridine rings is 1. The molecule has 0 radical (unpaired) electrons. The summed E-state index contributed by atoms with van der Waals surface area (Å²) in [5.41, 5.74) is 1.48. The lowest BCUT2D eigenvalue weighted by atomic mass is 10.1. The molecule has 1 fully saturated rings. The molecule has 0 unspecified atom stereocenters. The molecule has 2 aromatic rings. The number of hydrogen-bond donors (Lipinski definition) is 1. The summed E-state index contributed by atoms with van der Waals surface area (Å²) in [6, 6.07) is 11.2. The van der Waals surface area contributed by atoms with Crippen molar-refractivity contribution in [1.29, 1.82) is 0 Å². The summed E-state index contributed by atoms with van der Waals surface area (Å²) in [6.45, 7) is 4.25. The highest BCUT2D eigenvalue weighted by molar-refractivity contribution is 5.99. The smallest absolute Gasteiger partial charge is 0.257 e. The van der Waals surface area contributed by atoms with Crippen molar-refractivity contribution >= 4 is 17.4 Å². The molecule has 5 nitrogen and oxygen atoms in total. The van der Waals surface area contributed by atoms with E-state index < -0.39 is 0 Å². The molecule has 0 aliphatic carbocycles. The molecular weight excluding hydrogens is 278 g/mol. The van der Waals surface area contributed by atoms with Crippen LogP contribution in [0.4, 0.5) is 11.5 Å². The van der Waals surface area contributed by atoms with Gasteiger partial charge < -0.3 is 15.0 Å². The van der Waals surface area contributed by atoms with Gasteiger partial charge in [0.1, 0.15) is 11.6 Å². The van der Waals surface area contributed by atoms with Crippen molar-refractivity contribution in [3.05, 3.63) is 48.2 Å². The maximum atomic E-state index is 12.4. The summed E-state index contributed by atoms with van der Waals surface area (Å²) >= 11 is 0. The van der Waals surface area contributed by atoms with Crippen LogP contribution in [-0.2, 0) is 0 Å². The number of ether oxygens (including phenoxy) is 1. The predicted octanol–water partition coefficient (Wildman–Crippen LogP) is 3.07. The number of amides is 1. The molecule has 1 saturated heterocycles. The lowest BCUT2D eigenvalue weighted by Crippen LogP contribution is -2.42. The first-order valence-electron chi connectivity index (χ1n) is 7.52. The van der Waals surface area contributed by atoms with Gasteiger partial charge in [-0.3, -0.25) is 4.79 Å². The largest absolute Gasteiger partial charge is 0.494 e. The van der Waals surface area contributed by atoms with Crippen LogP contribution >= 0.6 is 0 Å². The molecule has 0 saturated carbocycles. The monoisotopic (exact) mass is 297 g/mol. The van der Waals surface area contributed by atoms with E-state index in [1.165, 1.54) is 0 Å². The van der Waals surface area contributed by atoms with Gasteiger partial charge in [0.2, 0.25) is 0 Å². The van der Waals surface area contributed by atoms with Crippen molar-refractivity contribution < 1.29 is 9.53 Å². The first-order chi connectivity index (χ1) is 10.8. The minimum Gasteiger partial charge on any atom is -0.494 e. The van der Waals surface area contributed by atoms with E-state index >= 15 is 0 Å². The third-order valence-electron chi connectivity index (χ3n) is 3.61. The number of carbonyl (C=O) groups is 1. The Morgan fingerprint density at radius 1 is 1.27 bits per heavy atom. The zero-order valence-electron chi connectivity index (χ0n) is 12.6. The highest BCUT2D eigenvalue weighted by atomic mass is 16.5. The number of nitrogens with one attached hydrogen (secondary N) is 1. The maximum absolute atomic E-state index is 12.4. The van der Waals surface area contributed by atoms with Crippen LogP contribution in [0.1, 0.15) is 23.7 Å². The van der Waals surface area contributed by atoms with Crippen molar-refractivity contribution in [2.45, 2.75) is 13.3 Å². The fraction of sp³-hybridized carbons (Fsp3) is 0.294. The highest BCUT2D eigenvalue weighted by Gasteiger charge is 2.24. The highest BCUT2D eigenvalue weighted by Crippen LogP contribution is 2.23.